The minimum atomic E-state index is 0.639. The van der Waals surface area contributed by atoms with Crippen LogP contribution in [-0.4, -0.2) is 26.8 Å². The highest BCUT2D eigenvalue weighted by Crippen LogP contribution is 2.20. The Bertz CT molecular complexity index is 321. The highest BCUT2D eigenvalue weighted by atomic mass is 16.5. The van der Waals surface area contributed by atoms with Crippen LogP contribution < -0.4 is 14.8 Å². The summed E-state index contributed by atoms with van der Waals surface area (Å²) in [6.07, 6.45) is 2.52. The molecule has 88 valence electrons. The van der Waals surface area contributed by atoms with Gasteiger partial charge in [-0.25, -0.2) is 0 Å². The van der Waals surface area contributed by atoms with Crippen LogP contribution in [0.5, 0.6) is 11.5 Å². The Morgan fingerprint density at radius 3 is 3.00 bits per heavy atom. The minimum Gasteiger partial charge on any atom is -0.497 e. The van der Waals surface area contributed by atoms with Gasteiger partial charge in [-0.15, -0.1) is 0 Å². The highest BCUT2D eigenvalue weighted by Gasteiger charge is 2.13. The lowest BCUT2D eigenvalue weighted by Crippen LogP contribution is -2.33. The Kier molecular flexibility index (Phi) is 4.05. The van der Waals surface area contributed by atoms with Crippen molar-refractivity contribution in [2.24, 2.45) is 5.92 Å². The molecule has 1 heterocycles. The summed E-state index contributed by atoms with van der Waals surface area (Å²) in [5, 5.41) is 3.39. The molecule has 0 amide bonds. The van der Waals surface area contributed by atoms with Crippen molar-refractivity contribution in [3.05, 3.63) is 24.3 Å². The first kappa shape index (κ1) is 11.3. The summed E-state index contributed by atoms with van der Waals surface area (Å²) in [6.45, 7) is 3.01. The predicted molar refractivity (Wildman–Crippen MR) is 64.1 cm³/mol. The molecule has 1 aromatic rings. The lowest BCUT2D eigenvalue weighted by Gasteiger charge is -2.22. The third kappa shape index (κ3) is 3.14. The number of ether oxygens (including phenoxy) is 2. The van der Waals surface area contributed by atoms with Crippen LogP contribution in [-0.2, 0) is 0 Å². The zero-order valence-corrected chi connectivity index (χ0v) is 9.74. The van der Waals surface area contributed by atoms with Gasteiger partial charge in [0.1, 0.15) is 11.5 Å². The SMILES string of the molecule is COc1cccc(OCC2CCCNC2)c1. The minimum absolute atomic E-state index is 0.639. The van der Waals surface area contributed by atoms with Crippen molar-refractivity contribution in [3.8, 4) is 11.5 Å². The number of rotatable bonds is 4. The second-order valence-electron chi connectivity index (χ2n) is 4.20. The predicted octanol–water partition coefficient (Wildman–Crippen LogP) is 2.07. The van der Waals surface area contributed by atoms with Crippen molar-refractivity contribution in [2.45, 2.75) is 12.8 Å². The van der Waals surface area contributed by atoms with Crippen LogP contribution >= 0.6 is 0 Å². The fourth-order valence-corrected chi connectivity index (χ4v) is 1.97. The molecule has 0 saturated carbocycles. The Labute approximate surface area is 96.8 Å². The number of piperidine rings is 1. The van der Waals surface area contributed by atoms with Gasteiger partial charge in [0, 0.05) is 18.5 Å². The highest BCUT2D eigenvalue weighted by molar-refractivity contribution is 5.32. The number of hydrogen-bond acceptors (Lipinski definition) is 3. The van der Waals surface area contributed by atoms with Crippen LogP contribution in [0.1, 0.15) is 12.8 Å². The van der Waals surface area contributed by atoms with Crippen LogP contribution in [0, 0.1) is 5.92 Å². The van der Waals surface area contributed by atoms with Gasteiger partial charge in [-0.3, -0.25) is 0 Å². The van der Waals surface area contributed by atoms with Crippen molar-refractivity contribution >= 4 is 0 Å². The molecule has 3 nitrogen and oxygen atoms in total. The van der Waals surface area contributed by atoms with E-state index in [0.29, 0.717) is 5.92 Å². The zero-order chi connectivity index (χ0) is 11.2. The third-order valence-corrected chi connectivity index (χ3v) is 2.93. The molecule has 0 spiro atoms. The van der Waals surface area contributed by atoms with Crippen molar-refractivity contribution in [3.63, 3.8) is 0 Å². The number of methoxy groups -OCH3 is 1. The van der Waals surface area contributed by atoms with E-state index >= 15 is 0 Å². The van der Waals surface area contributed by atoms with Crippen molar-refractivity contribution in [1.29, 1.82) is 0 Å². The summed E-state index contributed by atoms with van der Waals surface area (Å²) in [5.74, 6) is 2.38. The summed E-state index contributed by atoms with van der Waals surface area (Å²) >= 11 is 0. The van der Waals surface area contributed by atoms with Gasteiger partial charge in [0.2, 0.25) is 0 Å². The second-order valence-corrected chi connectivity index (χ2v) is 4.20. The average Bonchev–Trinajstić information content (AvgIpc) is 2.38. The molecule has 1 saturated heterocycles. The van der Waals surface area contributed by atoms with Gasteiger partial charge in [0.25, 0.3) is 0 Å². The number of benzene rings is 1. The molecule has 1 fully saturated rings. The molecule has 1 aromatic carbocycles. The second kappa shape index (κ2) is 5.75. The molecular formula is C13H19NO2. The Morgan fingerprint density at radius 2 is 2.25 bits per heavy atom. The lowest BCUT2D eigenvalue weighted by molar-refractivity contribution is 0.218. The molecule has 0 aliphatic carbocycles. The van der Waals surface area contributed by atoms with Crippen molar-refractivity contribution < 1.29 is 9.47 Å². The number of nitrogens with one attached hydrogen (secondary N) is 1. The Balaban J connectivity index is 1.83. The van der Waals surface area contributed by atoms with Gasteiger partial charge in [-0.2, -0.15) is 0 Å². The summed E-state index contributed by atoms with van der Waals surface area (Å²) in [4.78, 5) is 0. The van der Waals surface area contributed by atoms with Gasteiger partial charge in [0.05, 0.1) is 13.7 Å². The van der Waals surface area contributed by atoms with E-state index in [0.717, 1.165) is 31.2 Å². The van der Waals surface area contributed by atoms with Crippen LogP contribution in [0.25, 0.3) is 0 Å². The topological polar surface area (TPSA) is 30.5 Å². The molecule has 0 radical (unpaired) electrons. The number of hydrogen-bond donors (Lipinski definition) is 1. The van der Waals surface area contributed by atoms with E-state index in [4.69, 9.17) is 9.47 Å². The Morgan fingerprint density at radius 1 is 1.38 bits per heavy atom. The van der Waals surface area contributed by atoms with E-state index in [1.165, 1.54) is 12.8 Å². The molecule has 3 heteroatoms. The molecule has 16 heavy (non-hydrogen) atoms. The van der Waals surface area contributed by atoms with Crippen LogP contribution in [0.15, 0.2) is 24.3 Å². The quantitative estimate of drug-likeness (QED) is 0.844. The molecular weight excluding hydrogens is 202 g/mol. The molecule has 1 aliphatic heterocycles. The molecule has 1 atom stereocenters. The van der Waals surface area contributed by atoms with Gasteiger partial charge in [0.15, 0.2) is 0 Å². The average molecular weight is 221 g/mol. The molecule has 0 bridgehead atoms. The van der Waals surface area contributed by atoms with E-state index in [-0.39, 0.29) is 0 Å². The molecule has 1 N–H and O–H groups in total. The lowest BCUT2D eigenvalue weighted by atomic mass is 10.0. The molecule has 1 unspecified atom stereocenters. The van der Waals surface area contributed by atoms with Gasteiger partial charge in [-0.1, -0.05) is 6.07 Å². The van der Waals surface area contributed by atoms with E-state index in [2.05, 4.69) is 5.32 Å². The van der Waals surface area contributed by atoms with Gasteiger partial charge < -0.3 is 14.8 Å². The van der Waals surface area contributed by atoms with Crippen molar-refractivity contribution in [1.82, 2.24) is 5.32 Å². The summed E-state index contributed by atoms with van der Waals surface area (Å²) < 4.78 is 10.9. The maximum atomic E-state index is 5.77. The standard InChI is InChI=1S/C13H19NO2/c1-15-12-5-2-6-13(8-12)16-10-11-4-3-7-14-9-11/h2,5-6,8,11,14H,3-4,7,9-10H2,1H3. The van der Waals surface area contributed by atoms with E-state index in [1.54, 1.807) is 7.11 Å². The third-order valence-electron chi connectivity index (χ3n) is 2.93. The zero-order valence-electron chi connectivity index (χ0n) is 9.74. The van der Waals surface area contributed by atoms with Crippen LogP contribution in [0.3, 0.4) is 0 Å². The molecule has 0 aromatic heterocycles. The van der Waals surface area contributed by atoms with Gasteiger partial charge >= 0.3 is 0 Å². The molecule has 2 rings (SSSR count). The first-order valence-electron chi connectivity index (χ1n) is 5.86. The van der Waals surface area contributed by atoms with E-state index < -0.39 is 0 Å². The fourth-order valence-electron chi connectivity index (χ4n) is 1.97. The van der Waals surface area contributed by atoms with E-state index in [1.807, 2.05) is 24.3 Å². The first-order valence-corrected chi connectivity index (χ1v) is 5.86. The van der Waals surface area contributed by atoms with Crippen LogP contribution in [0.2, 0.25) is 0 Å². The summed E-state index contributed by atoms with van der Waals surface area (Å²) in [5.41, 5.74) is 0. The maximum absolute atomic E-state index is 5.77. The fraction of sp³-hybridized carbons (Fsp3) is 0.538. The first-order chi connectivity index (χ1) is 7.88. The summed E-state index contributed by atoms with van der Waals surface area (Å²) in [7, 11) is 1.67. The van der Waals surface area contributed by atoms with Gasteiger partial charge in [-0.05, 0) is 31.5 Å². The van der Waals surface area contributed by atoms with E-state index in [9.17, 15) is 0 Å². The normalized spacial score (nSPS) is 20.4. The molecule has 1 aliphatic rings. The van der Waals surface area contributed by atoms with Crippen molar-refractivity contribution in [2.75, 3.05) is 26.8 Å². The largest absolute Gasteiger partial charge is 0.497 e. The Hall–Kier alpha value is -1.22. The van der Waals surface area contributed by atoms with Crippen LogP contribution in [0.4, 0.5) is 0 Å². The monoisotopic (exact) mass is 221 g/mol. The maximum Gasteiger partial charge on any atom is 0.122 e. The smallest absolute Gasteiger partial charge is 0.122 e. The summed E-state index contributed by atoms with van der Waals surface area (Å²) in [6, 6.07) is 7.78.